The lowest BCUT2D eigenvalue weighted by molar-refractivity contribution is 0.0632. The Labute approximate surface area is 157 Å². The van der Waals surface area contributed by atoms with Crippen LogP contribution in [0.5, 0.6) is 0 Å². The Hall–Kier alpha value is -2.12. The summed E-state index contributed by atoms with van der Waals surface area (Å²) >= 11 is 1.48. The lowest BCUT2D eigenvalue weighted by Gasteiger charge is -2.34. The molecule has 0 aliphatic carbocycles. The molecule has 1 aliphatic rings. The average Bonchev–Trinajstić information content (AvgIpc) is 3.24. The fourth-order valence-corrected chi connectivity index (χ4v) is 3.90. The summed E-state index contributed by atoms with van der Waals surface area (Å²) in [5, 5.41) is 1.92. The molecule has 0 saturated carbocycles. The number of primary amides is 1. The van der Waals surface area contributed by atoms with Gasteiger partial charge in [0.1, 0.15) is 5.76 Å². The molecule has 26 heavy (non-hydrogen) atoms. The molecule has 1 aliphatic heterocycles. The lowest BCUT2D eigenvalue weighted by atomic mass is 9.90. The first-order chi connectivity index (χ1) is 12.3. The number of piperazine rings is 1. The average molecular weight is 375 g/mol. The zero-order chi connectivity index (χ0) is 18.9. The van der Waals surface area contributed by atoms with E-state index in [9.17, 15) is 9.59 Å². The third kappa shape index (κ3) is 3.99. The normalized spacial score (nSPS) is 16.0. The van der Waals surface area contributed by atoms with Crippen LogP contribution in [0.25, 0.3) is 0 Å². The largest absolute Gasteiger partial charge is 0.455 e. The van der Waals surface area contributed by atoms with Gasteiger partial charge in [-0.05, 0) is 17.5 Å². The molecule has 1 fully saturated rings. The summed E-state index contributed by atoms with van der Waals surface area (Å²) in [4.78, 5) is 28.9. The number of rotatable bonds is 4. The van der Waals surface area contributed by atoms with Gasteiger partial charge in [0.05, 0.1) is 4.88 Å². The molecule has 0 unspecified atom stereocenters. The summed E-state index contributed by atoms with van der Waals surface area (Å²) in [6.07, 6.45) is 0. The van der Waals surface area contributed by atoms with Gasteiger partial charge in [-0.25, -0.2) is 0 Å². The highest BCUT2D eigenvalue weighted by molar-refractivity contribution is 7.12. The Morgan fingerprint density at radius 2 is 1.92 bits per heavy atom. The van der Waals surface area contributed by atoms with Crippen LogP contribution in [-0.4, -0.2) is 47.8 Å². The van der Waals surface area contributed by atoms with Gasteiger partial charge in [-0.3, -0.25) is 14.5 Å². The Bertz CT molecular complexity index is 782. The van der Waals surface area contributed by atoms with Crippen molar-refractivity contribution in [1.29, 1.82) is 0 Å². The van der Waals surface area contributed by atoms with Gasteiger partial charge in [0.15, 0.2) is 5.76 Å². The van der Waals surface area contributed by atoms with E-state index in [1.165, 1.54) is 11.3 Å². The van der Waals surface area contributed by atoms with Crippen LogP contribution in [-0.2, 0) is 12.0 Å². The van der Waals surface area contributed by atoms with Gasteiger partial charge in [-0.1, -0.05) is 26.8 Å². The number of hydrogen-bond donors (Lipinski definition) is 1. The van der Waals surface area contributed by atoms with Crippen molar-refractivity contribution in [2.75, 3.05) is 26.2 Å². The maximum atomic E-state index is 12.4. The van der Waals surface area contributed by atoms with E-state index in [0.717, 1.165) is 29.3 Å². The fraction of sp³-hybridized carbons (Fsp3) is 0.474. The summed E-state index contributed by atoms with van der Waals surface area (Å²) in [6.45, 7) is 9.82. The Morgan fingerprint density at radius 3 is 2.46 bits per heavy atom. The molecule has 2 amide bonds. The highest BCUT2D eigenvalue weighted by Gasteiger charge is 2.28. The second-order valence-electron chi connectivity index (χ2n) is 7.62. The van der Waals surface area contributed by atoms with E-state index < -0.39 is 5.91 Å². The van der Waals surface area contributed by atoms with Crippen molar-refractivity contribution in [3.8, 4) is 0 Å². The molecule has 0 spiro atoms. The van der Waals surface area contributed by atoms with Crippen molar-refractivity contribution in [3.63, 3.8) is 0 Å². The molecular formula is C19H25N3O3S. The third-order valence-corrected chi connectivity index (χ3v) is 5.38. The van der Waals surface area contributed by atoms with Crippen molar-refractivity contribution < 1.29 is 14.0 Å². The van der Waals surface area contributed by atoms with E-state index in [4.69, 9.17) is 10.2 Å². The SMILES string of the molecule is CC(C)(C)c1oc(C(N)=O)cc1CN1CCN(C(=O)c2cccs2)CC1. The first kappa shape index (κ1) is 18.7. The number of nitrogens with zero attached hydrogens (tertiary/aromatic N) is 2. The second-order valence-corrected chi connectivity index (χ2v) is 8.57. The number of carbonyl (C=O) groups is 2. The zero-order valence-electron chi connectivity index (χ0n) is 15.4. The number of furan rings is 1. The molecule has 3 heterocycles. The number of hydrogen-bond acceptors (Lipinski definition) is 5. The molecule has 3 rings (SSSR count). The van der Waals surface area contributed by atoms with Crippen LogP contribution >= 0.6 is 11.3 Å². The topological polar surface area (TPSA) is 79.8 Å². The predicted molar refractivity (Wildman–Crippen MR) is 101 cm³/mol. The van der Waals surface area contributed by atoms with Crippen molar-refractivity contribution in [2.24, 2.45) is 5.73 Å². The van der Waals surface area contributed by atoms with E-state index in [0.29, 0.717) is 19.6 Å². The van der Waals surface area contributed by atoms with E-state index >= 15 is 0 Å². The molecule has 2 N–H and O–H groups in total. The van der Waals surface area contributed by atoms with Gasteiger partial charge in [-0.2, -0.15) is 0 Å². The molecule has 0 bridgehead atoms. The molecule has 0 aromatic carbocycles. The van der Waals surface area contributed by atoms with Gasteiger partial charge < -0.3 is 15.1 Å². The predicted octanol–water partition coefficient (Wildman–Crippen LogP) is 2.70. The monoisotopic (exact) mass is 375 g/mol. The molecule has 2 aromatic rings. The van der Waals surface area contributed by atoms with Crippen LogP contribution in [0.15, 0.2) is 28.0 Å². The summed E-state index contributed by atoms with van der Waals surface area (Å²) < 4.78 is 5.73. The van der Waals surface area contributed by atoms with Crippen LogP contribution in [0.2, 0.25) is 0 Å². The summed E-state index contributed by atoms with van der Waals surface area (Å²) in [6, 6.07) is 5.52. The Balaban J connectivity index is 1.66. The standard InChI is InChI=1S/C19H25N3O3S/c1-19(2,3)16-13(11-14(25-16)17(20)23)12-21-6-8-22(9-7-21)18(24)15-5-4-10-26-15/h4-5,10-11H,6-9,12H2,1-3H3,(H2,20,23). The molecule has 7 heteroatoms. The number of nitrogens with two attached hydrogens (primary N) is 1. The fourth-order valence-electron chi connectivity index (χ4n) is 3.21. The lowest BCUT2D eigenvalue weighted by Crippen LogP contribution is -2.48. The maximum Gasteiger partial charge on any atom is 0.284 e. The van der Waals surface area contributed by atoms with E-state index in [2.05, 4.69) is 25.7 Å². The minimum Gasteiger partial charge on any atom is -0.455 e. The number of amides is 2. The van der Waals surface area contributed by atoms with E-state index in [1.807, 2.05) is 22.4 Å². The van der Waals surface area contributed by atoms with Gasteiger partial charge in [0.25, 0.3) is 11.8 Å². The van der Waals surface area contributed by atoms with E-state index in [-0.39, 0.29) is 17.1 Å². The summed E-state index contributed by atoms with van der Waals surface area (Å²) in [7, 11) is 0. The maximum absolute atomic E-state index is 12.4. The molecule has 2 aromatic heterocycles. The van der Waals surface area contributed by atoms with Crippen molar-refractivity contribution >= 4 is 23.2 Å². The van der Waals surface area contributed by atoms with Crippen LogP contribution in [0.4, 0.5) is 0 Å². The molecule has 1 saturated heterocycles. The van der Waals surface area contributed by atoms with Crippen LogP contribution in [0.3, 0.4) is 0 Å². The first-order valence-electron chi connectivity index (χ1n) is 8.74. The minimum absolute atomic E-state index is 0.106. The molecule has 0 atom stereocenters. The second kappa shape index (κ2) is 7.25. The highest BCUT2D eigenvalue weighted by atomic mass is 32.1. The zero-order valence-corrected chi connectivity index (χ0v) is 16.3. The molecule has 140 valence electrons. The summed E-state index contributed by atoms with van der Waals surface area (Å²) in [5.41, 5.74) is 6.16. The van der Waals surface area contributed by atoms with Crippen LogP contribution in [0, 0.1) is 0 Å². The number of carbonyl (C=O) groups excluding carboxylic acids is 2. The third-order valence-electron chi connectivity index (χ3n) is 4.52. The van der Waals surface area contributed by atoms with Gasteiger partial charge in [0.2, 0.25) is 0 Å². The minimum atomic E-state index is -0.548. The molecule has 0 radical (unpaired) electrons. The van der Waals surface area contributed by atoms with Gasteiger partial charge in [-0.15, -0.1) is 11.3 Å². The molecular weight excluding hydrogens is 350 g/mol. The van der Waals surface area contributed by atoms with Crippen molar-refractivity contribution in [1.82, 2.24) is 9.80 Å². The Morgan fingerprint density at radius 1 is 1.23 bits per heavy atom. The first-order valence-corrected chi connectivity index (χ1v) is 9.62. The highest BCUT2D eigenvalue weighted by Crippen LogP contribution is 2.30. The van der Waals surface area contributed by atoms with Crippen LogP contribution < -0.4 is 5.73 Å². The van der Waals surface area contributed by atoms with Crippen molar-refractivity contribution in [2.45, 2.75) is 32.7 Å². The van der Waals surface area contributed by atoms with Crippen LogP contribution in [0.1, 0.15) is 52.3 Å². The smallest absolute Gasteiger partial charge is 0.284 e. The Kier molecular flexibility index (Phi) is 5.20. The van der Waals surface area contributed by atoms with Crippen molar-refractivity contribution in [3.05, 3.63) is 45.5 Å². The van der Waals surface area contributed by atoms with Gasteiger partial charge in [0, 0.05) is 43.7 Å². The summed E-state index contributed by atoms with van der Waals surface area (Å²) in [5.74, 6) is 0.558. The van der Waals surface area contributed by atoms with E-state index in [1.54, 1.807) is 6.07 Å². The molecule has 6 nitrogen and oxygen atoms in total. The quantitative estimate of drug-likeness (QED) is 0.891. The number of thiophene rings is 1. The van der Waals surface area contributed by atoms with Gasteiger partial charge >= 0.3 is 0 Å².